The van der Waals surface area contributed by atoms with Gasteiger partial charge in [-0.1, -0.05) is 27.7 Å². The molecule has 5 fully saturated rings. The minimum Gasteiger partial charge on any atom is -0.508 e. The molecular formula is C42H61NO9. The van der Waals surface area contributed by atoms with Crippen LogP contribution in [0.15, 0.2) is 29.8 Å². The standard InChI is InChI=1S/C42H61NO9/c1-23(2)24(3)36-37(52-36)40(5,50)35-10-14-42(51)30-20-32(46)31-21-33(47)34(48)22-39(31,4)29(30)9-13-41(35,42)12-8-25-17-27(19-28(45)18-25)43-15-11-26(38(43)49)7-6-16-44/h17-20,23-24,26,29,31,33-37,44-45,47-48,50-51H,6-16,21-22H2,1-5H3/t24-,26-,29+,31+,33-,34+,35-,36+,37-,39-,40-,41-,42-/m1/s1. The van der Waals surface area contributed by atoms with E-state index in [1.54, 1.807) is 23.1 Å². The quantitative estimate of drug-likeness (QED) is 0.181. The molecule has 1 aromatic rings. The maximum Gasteiger partial charge on any atom is 0.230 e. The van der Waals surface area contributed by atoms with Crippen molar-refractivity contribution in [2.75, 3.05) is 18.1 Å². The lowest BCUT2D eigenvalue weighted by atomic mass is 9.44. The topological polar surface area (TPSA) is 171 Å². The highest BCUT2D eigenvalue weighted by Crippen LogP contribution is 2.70. The molecular weight excluding hydrogens is 662 g/mol. The number of hydrogen-bond donors (Lipinski definition) is 6. The summed E-state index contributed by atoms with van der Waals surface area (Å²) in [6.07, 6.45) is 4.83. The smallest absolute Gasteiger partial charge is 0.230 e. The van der Waals surface area contributed by atoms with Gasteiger partial charge in [-0.3, -0.25) is 9.59 Å². The number of aliphatic hydroxyl groups excluding tert-OH is 3. The molecule has 4 aliphatic carbocycles. The molecule has 0 aromatic heterocycles. The highest BCUT2D eigenvalue weighted by atomic mass is 16.6. The number of ether oxygens (including phenoxy) is 1. The van der Waals surface area contributed by atoms with Crippen molar-refractivity contribution in [3.05, 3.63) is 35.4 Å². The Morgan fingerprint density at radius 2 is 1.79 bits per heavy atom. The number of epoxide rings is 1. The first-order valence-corrected chi connectivity index (χ1v) is 20.0. The highest BCUT2D eigenvalue weighted by molar-refractivity contribution is 5.97. The van der Waals surface area contributed by atoms with Crippen LogP contribution in [0.1, 0.15) is 104 Å². The van der Waals surface area contributed by atoms with Crippen molar-refractivity contribution in [2.45, 2.75) is 141 Å². The van der Waals surface area contributed by atoms with E-state index >= 15 is 0 Å². The number of carbonyl (C=O) groups is 2. The lowest BCUT2D eigenvalue weighted by Crippen LogP contribution is -2.63. The number of allylic oxidation sites excluding steroid dienone is 1. The van der Waals surface area contributed by atoms with Gasteiger partial charge in [0.1, 0.15) is 11.9 Å². The monoisotopic (exact) mass is 723 g/mol. The van der Waals surface area contributed by atoms with Crippen LogP contribution in [-0.2, 0) is 20.7 Å². The van der Waals surface area contributed by atoms with E-state index in [2.05, 4.69) is 20.8 Å². The third kappa shape index (κ3) is 5.90. The van der Waals surface area contributed by atoms with Crippen molar-refractivity contribution in [1.82, 2.24) is 0 Å². The minimum atomic E-state index is -1.40. The number of anilines is 1. The number of rotatable bonds is 11. The molecule has 2 aliphatic heterocycles. The second-order valence-corrected chi connectivity index (χ2v) is 18.4. The summed E-state index contributed by atoms with van der Waals surface area (Å²) in [5.74, 6) is -0.524. The highest BCUT2D eigenvalue weighted by Gasteiger charge is 2.72. The zero-order chi connectivity index (χ0) is 37.5. The Morgan fingerprint density at radius 1 is 1.04 bits per heavy atom. The molecule has 0 spiro atoms. The Balaban J connectivity index is 1.24. The van der Waals surface area contributed by atoms with Gasteiger partial charge in [0.25, 0.3) is 0 Å². The van der Waals surface area contributed by atoms with E-state index in [0.717, 1.165) is 5.56 Å². The van der Waals surface area contributed by atoms with Crippen molar-refractivity contribution >= 4 is 17.4 Å². The van der Waals surface area contributed by atoms with Crippen LogP contribution >= 0.6 is 0 Å². The number of aryl methyl sites for hydroxylation is 1. The first kappa shape index (κ1) is 38.0. The van der Waals surface area contributed by atoms with Gasteiger partial charge in [0.05, 0.1) is 29.5 Å². The molecule has 13 atom stereocenters. The molecule has 52 heavy (non-hydrogen) atoms. The van der Waals surface area contributed by atoms with Gasteiger partial charge in [0, 0.05) is 42.2 Å². The second kappa shape index (κ2) is 13.4. The van der Waals surface area contributed by atoms with E-state index in [-0.39, 0.29) is 72.8 Å². The van der Waals surface area contributed by atoms with E-state index in [4.69, 9.17) is 4.74 Å². The number of aromatic hydroxyl groups is 1. The van der Waals surface area contributed by atoms with Gasteiger partial charge in [-0.15, -0.1) is 0 Å². The first-order chi connectivity index (χ1) is 24.5. The molecule has 6 aliphatic rings. The molecule has 0 bridgehead atoms. The van der Waals surface area contributed by atoms with E-state index in [0.29, 0.717) is 81.5 Å². The molecule has 3 saturated carbocycles. The SMILES string of the molecule is CC(C)[C@@H](C)[C@@H]1O[C@H]1[C@](C)(O)[C@H]1CC[C@@]2(O)C3=CC(=O)[C@@H]4C[C@@H](O)[C@@H](O)C[C@]4(C)[C@H]3CC[C@]12CCc1cc(O)cc(N2CC[C@@H](CCCO)C2=O)c1. The summed E-state index contributed by atoms with van der Waals surface area (Å²) in [7, 11) is 0. The van der Waals surface area contributed by atoms with Crippen molar-refractivity contribution in [2.24, 2.45) is 46.3 Å². The van der Waals surface area contributed by atoms with Crippen LogP contribution < -0.4 is 4.90 Å². The number of hydrogen-bond acceptors (Lipinski definition) is 9. The van der Waals surface area contributed by atoms with Gasteiger partial charge >= 0.3 is 0 Å². The number of nitrogens with zero attached hydrogens (tertiary/aromatic N) is 1. The van der Waals surface area contributed by atoms with Crippen molar-refractivity contribution in [3.8, 4) is 5.75 Å². The number of carbonyl (C=O) groups excluding carboxylic acids is 2. The van der Waals surface area contributed by atoms with E-state index in [1.165, 1.54) is 0 Å². The average Bonchev–Trinajstić information content (AvgIpc) is 3.73. The Hall–Kier alpha value is -2.34. The fraction of sp³-hybridized carbons (Fsp3) is 0.762. The fourth-order valence-corrected chi connectivity index (χ4v) is 12.1. The Bertz CT molecular complexity index is 1590. The third-order valence-electron chi connectivity index (χ3n) is 15.4. The number of fused-ring (bicyclic) bond motifs is 5. The van der Waals surface area contributed by atoms with Crippen LogP contribution in [0.25, 0.3) is 0 Å². The largest absolute Gasteiger partial charge is 0.508 e. The molecule has 0 unspecified atom stereocenters. The predicted octanol–water partition coefficient (Wildman–Crippen LogP) is 4.45. The van der Waals surface area contributed by atoms with Gasteiger partial charge in [-0.05, 0) is 136 Å². The van der Waals surface area contributed by atoms with Gasteiger partial charge in [0.15, 0.2) is 5.78 Å². The number of benzene rings is 1. The minimum absolute atomic E-state index is 0.00106. The number of amides is 1. The number of phenols is 1. The van der Waals surface area contributed by atoms with Crippen LogP contribution in [0.3, 0.4) is 0 Å². The Morgan fingerprint density at radius 3 is 2.50 bits per heavy atom. The molecule has 6 N–H and O–H groups in total. The molecule has 7 rings (SSSR count). The fourth-order valence-electron chi connectivity index (χ4n) is 12.1. The van der Waals surface area contributed by atoms with Crippen LogP contribution in [0.2, 0.25) is 0 Å². The summed E-state index contributed by atoms with van der Waals surface area (Å²) >= 11 is 0. The predicted molar refractivity (Wildman–Crippen MR) is 195 cm³/mol. The molecule has 2 saturated heterocycles. The number of phenolic OH excluding ortho intramolecular Hbond substituents is 1. The van der Waals surface area contributed by atoms with Crippen LogP contribution in [0.4, 0.5) is 5.69 Å². The summed E-state index contributed by atoms with van der Waals surface area (Å²) in [6, 6.07) is 5.28. The number of ketones is 1. The van der Waals surface area contributed by atoms with E-state index in [1.807, 2.05) is 19.9 Å². The zero-order valence-electron chi connectivity index (χ0n) is 31.6. The van der Waals surface area contributed by atoms with Gasteiger partial charge in [0.2, 0.25) is 5.91 Å². The molecule has 10 heteroatoms. The molecule has 288 valence electrons. The first-order valence-electron chi connectivity index (χ1n) is 20.0. The van der Waals surface area contributed by atoms with Gasteiger partial charge in [-0.2, -0.15) is 0 Å². The number of aliphatic hydroxyl groups is 5. The van der Waals surface area contributed by atoms with Crippen molar-refractivity contribution in [3.63, 3.8) is 0 Å². The molecule has 10 nitrogen and oxygen atoms in total. The maximum atomic E-state index is 13.9. The van der Waals surface area contributed by atoms with Crippen molar-refractivity contribution < 1.29 is 45.0 Å². The Labute approximate surface area is 308 Å². The summed E-state index contributed by atoms with van der Waals surface area (Å²) in [6.45, 7) is 11.0. The normalized spacial score (nSPS) is 41.7. The third-order valence-corrected chi connectivity index (χ3v) is 15.4. The van der Waals surface area contributed by atoms with Crippen LogP contribution in [0, 0.1) is 46.3 Å². The maximum absolute atomic E-state index is 13.9. The molecule has 2 heterocycles. The van der Waals surface area contributed by atoms with Gasteiger partial charge in [-0.25, -0.2) is 0 Å². The molecule has 1 aromatic carbocycles. The van der Waals surface area contributed by atoms with E-state index in [9.17, 15) is 40.2 Å². The second-order valence-electron chi connectivity index (χ2n) is 18.4. The molecule has 0 radical (unpaired) electrons. The summed E-state index contributed by atoms with van der Waals surface area (Å²) < 4.78 is 6.27. The summed E-state index contributed by atoms with van der Waals surface area (Å²) in [5, 5.41) is 67.5. The van der Waals surface area contributed by atoms with Gasteiger partial charge < -0.3 is 40.3 Å². The van der Waals surface area contributed by atoms with Crippen LogP contribution in [0.5, 0.6) is 5.75 Å². The average molecular weight is 724 g/mol. The molecule has 1 amide bonds. The Kier molecular flexibility index (Phi) is 9.82. The lowest BCUT2D eigenvalue weighted by Gasteiger charge is -2.61. The van der Waals surface area contributed by atoms with Crippen LogP contribution in [-0.4, -0.2) is 91.1 Å². The summed E-state index contributed by atoms with van der Waals surface area (Å²) in [5.41, 5.74) is -1.92. The zero-order valence-corrected chi connectivity index (χ0v) is 31.6. The lowest BCUT2D eigenvalue weighted by molar-refractivity contribution is -0.168. The summed E-state index contributed by atoms with van der Waals surface area (Å²) in [4.78, 5) is 29.0. The van der Waals surface area contributed by atoms with Crippen molar-refractivity contribution in [1.29, 1.82) is 0 Å². The van der Waals surface area contributed by atoms with E-state index < -0.39 is 40.2 Å².